The molecule has 2 unspecified atom stereocenters. The Hall–Kier alpha value is -0.910. The Bertz CT molecular complexity index is 495. The molecular formula is C14H27IN6O2. The Labute approximate surface area is 154 Å². The second kappa shape index (κ2) is 10.1. The summed E-state index contributed by atoms with van der Waals surface area (Å²) in [6.45, 7) is 3.70. The molecule has 1 fully saturated rings. The van der Waals surface area contributed by atoms with Gasteiger partial charge in [-0.3, -0.25) is 9.67 Å². The molecule has 2 heterocycles. The summed E-state index contributed by atoms with van der Waals surface area (Å²) in [5.74, 6) is 0.653. The van der Waals surface area contributed by atoms with E-state index in [-0.39, 0.29) is 30.1 Å². The lowest BCUT2D eigenvalue weighted by Gasteiger charge is -2.30. The number of likely N-dealkylation sites (N-methyl/N-ethyl adjacent to an activating group) is 1. The van der Waals surface area contributed by atoms with Gasteiger partial charge >= 0.3 is 0 Å². The number of hydrogen-bond donors (Lipinski definition) is 3. The molecule has 1 aliphatic heterocycles. The number of halogens is 1. The number of aromatic nitrogens is 2. The maximum Gasteiger partial charge on any atom is 0.191 e. The summed E-state index contributed by atoms with van der Waals surface area (Å²) in [5.41, 5.74) is 0.780. The van der Waals surface area contributed by atoms with Gasteiger partial charge in [-0.25, -0.2) is 0 Å². The number of aliphatic imine (C=N–C) groups is 1. The molecule has 23 heavy (non-hydrogen) atoms. The van der Waals surface area contributed by atoms with E-state index >= 15 is 0 Å². The summed E-state index contributed by atoms with van der Waals surface area (Å²) in [4.78, 5) is 6.40. The Kier molecular flexibility index (Phi) is 8.81. The number of aliphatic hydroxyl groups excluding tert-OH is 1. The second-order valence-corrected chi connectivity index (χ2v) is 5.55. The van der Waals surface area contributed by atoms with Gasteiger partial charge in [0.05, 0.1) is 25.0 Å². The lowest BCUT2D eigenvalue weighted by Crippen LogP contribution is -2.48. The van der Waals surface area contributed by atoms with Gasteiger partial charge in [0.15, 0.2) is 5.96 Å². The van der Waals surface area contributed by atoms with Gasteiger partial charge in [-0.05, 0) is 7.05 Å². The molecule has 0 bridgehead atoms. The summed E-state index contributed by atoms with van der Waals surface area (Å²) < 4.78 is 7.36. The van der Waals surface area contributed by atoms with E-state index < -0.39 is 6.10 Å². The highest BCUT2D eigenvalue weighted by atomic mass is 127. The predicted octanol–water partition coefficient (Wildman–Crippen LogP) is -0.433. The molecule has 3 N–H and O–H groups in total. The molecule has 0 radical (unpaired) electrons. The summed E-state index contributed by atoms with van der Waals surface area (Å²) in [5, 5.41) is 20.5. The van der Waals surface area contributed by atoms with Crippen LogP contribution in [0.4, 0.5) is 0 Å². The first-order chi connectivity index (χ1) is 10.6. The van der Waals surface area contributed by atoms with E-state index in [1.54, 1.807) is 24.1 Å². The zero-order chi connectivity index (χ0) is 15.9. The van der Waals surface area contributed by atoms with Crippen molar-refractivity contribution in [1.29, 1.82) is 0 Å². The maximum absolute atomic E-state index is 10.1. The minimum Gasteiger partial charge on any atom is -0.386 e. The minimum atomic E-state index is -0.621. The molecule has 0 saturated carbocycles. The first-order valence-electron chi connectivity index (χ1n) is 7.49. The van der Waals surface area contributed by atoms with E-state index in [2.05, 4.69) is 32.7 Å². The van der Waals surface area contributed by atoms with Gasteiger partial charge in [-0.2, -0.15) is 5.10 Å². The molecule has 0 aliphatic carbocycles. The van der Waals surface area contributed by atoms with Gasteiger partial charge in [0.2, 0.25) is 0 Å². The van der Waals surface area contributed by atoms with Gasteiger partial charge in [-0.1, -0.05) is 0 Å². The average Bonchev–Trinajstić information content (AvgIpc) is 2.94. The highest BCUT2D eigenvalue weighted by Crippen LogP contribution is 2.09. The van der Waals surface area contributed by atoms with Crippen molar-refractivity contribution < 1.29 is 9.84 Å². The van der Waals surface area contributed by atoms with Crippen LogP contribution in [0.3, 0.4) is 0 Å². The largest absolute Gasteiger partial charge is 0.386 e. The standard InChI is InChI=1S/C14H26N6O2.HI/c1-15-14(16-7-12-10-19(2)4-5-22-12)17-8-13(21)11-6-18-20(3)9-11;/h6,9,12-13,21H,4-5,7-8,10H2,1-3H3,(H2,15,16,17);1H. The van der Waals surface area contributed by atoms with Gasteiger partial charge in [0.25, 0.3) is 0 Å². The van der Waals surface area contributed by atoms with Crippen LogP contribution >= 0.6 is 24.0 Å². The van der Waals surface area contributed by atoms with E-state index in [0.717, 1.165) is 25.3 Å². The smallest absolute Gasteiger partial charge is 0.191 e. The number of rotatable bonds is 5. The minimum absolute atomic E-state index is 0. The molecule has 1 aromatic rings. The van der Waals surface area contributed by atoms with Crippen LogP contribution in [0.1, 0.15) is 11.7 Å². The highest BCUT2D eigenvalue weighted by Gasteiger charge is 2.18. The normalized spacial score (nSPS) is 20.7. The van der Waals surface area contributed by atoms with Gasteiger partial charge in [-0.15, -0.1) is 24.0 Å². The Balaban J connectivity index is 0.00000264. The van der Waals surface area contributed by atoms with Crippen molar-refractivity contribution >= 4 is 29.9 Å². The number of ether oxygens (including phenoxy) is 1. The van der Waals surface area contributed by atoms with Crippen LogP contribution in [0.5, 0.6) is 0 Å². The lowest BCUT2D eigenvalue weighted by atomic mass is 10.2. The number of aryl methyl sites for hydroxylation is 1. The first kappa shape index (κ1) is 20.1. The summed E-state index contributed by atoms with van der Waals surface area (Å²) in [6, 6.07) is 0. The second-order valence-electron chi connectivity index (χ2n) is 5.55. The van der Waals surface area contributed by atoms with Gasteiger partial charge in [0, 0.05) is 52.0 Å². The quantitative estimate of drug-likeness (QED) is 0.329. The van der Waals surface area contributed by atoms with Crippen LogP contribution in [0.25, 0.3) is 0 Å². The molecule has 0 amide bonds. The lowest BCUT2D eigenvalue weighted by molar-refractivity contribution is -0.0161. The van der Waals surface area contributed by atoms with Crippen LogP contribution < -0.4 is 10.6 Å². The van der Waals surface area contributed by atoms with Crippen LogP contribution in [0, 0.1) is 0 Å². The van der Waals surface area contributed by atoms with Crippen molar-refractivity contribution in [3.8, 4) is 0 Å². The number of hydrogen-bond acceptors (Lipinski definition) is 5. The third kappa shape index (κ3) is 6.61. The molecule has 1 saturated heterocycles. The van der Waals surface area contributed by atoms with E-state index in [1.807, 2.05) is 7.05 Å². The van der Waals surface area contributed by atoms with Crippen molar-refractivity contribution in [2.45, 2.75) is 12.2 Å². The molecule has 132 valence electrons. The molecule has 1 aromatic heterocycles. The fourth-order valence-electron chi connectivity index (χ4n) is 2.34. The van der Waals surface area contributed by atoms with Crippen molar-refractivity contribution in [3.63, 3.8) is 0 Å². The number of aliphatic hydroxyl groups is 1. The van der Waals surface area contributed by atoms with Gasteiger partial charge < -0.3 is 25.4 Å². The van der Waals surface area contributed by atoms with Crippen LogP contribution in [-0.2, 0) is 11.8 Å². The fourth-order valence-corrected chi connectivity index (χ4v) is 2.34. The van der Waals surface area contributed by atoms with Crippen molar-refractivity contribution in [2.75, 3.05) is 46.9 Å². The van der Waals surface area contributed by atoms with Gasteiger partial charge in [0.1, 0.15) is 0 Å². The zero-order valence-electron chi connectivity index (χ0n) is 13.9. The van der Waals surface area contributed by atoms with Crippen molar-refractivity contribution in [1.82, 2.24) is 25.3 Å². The summed E-state index contributed by atoms with van der Waals surface area (Å²) in [7, 11) is 5.62. The van der Waals surface area contributed by atoms with Crippen molar-refractivity contribution in [2.24, 2.45) is 12.0 Å². The van der Waals surface area contributed by atoms with E-state index in [1.165, 1.54) is 0 Å². The monoisotopic (exact) mass is 438 g/mol. The number of nitrogens with one attached hydrogen (secondary N) is 2. The van der Waals surface area contributed by atoms with Crippen LogP contribution in [-0.4, -0.2) is 78.7 Å². The van der Waals surface area contributed by atoms with Crippen LogP contribution in [0.2, 0.25) is 0 Å². The Morgan fingerprint density at radius 1 is 1.52 bits per heavy atom. The summed E-state index contributed by atoms with van der Waals surface area (Å²) in [6.07, 6.45) is 2.99. The Morgan fingerprint density at radius 3 is 2.91 bits per heavy atom. The zero-order valence-corrected chi connectivity index (χ0v) is 16.2. The number of nitrogens with zero attached hydrogens (tertiary/aromatic N) is 4. The number of guanidine groups is 1. The maximum atomic E-state index is 10.1. The topological polar surface area (TPSA) is 86.9 Å². The molecule has 1 aliphatic rings. The summed E-state index contributed by atoms with van der Waals surface area (Å²) >= 11 is 0. The third-order valence-corrected chi connectivity index (χ3v) is 3.64. The van der Waals surface area contributed by atoms with E-state index in [9.17, 15) is 5.11 Å². The van der Waals surface area contributed by atoms with Crippen molar-refractivity contribution in [3.05, 3.63) is 18.0 Å². The predicted molar refractivity (Wildman–Crippen MR) is 100 cm³/mol. The molecule has 2 atom stereocenters. The average molecular weight is 438 g/mol. The third-order valence-electron chi connectivity index (χ3n) is 3.64. The molecule has 8 nitrogen and oxygen atoms in total. The van der Waals surface area contributed by atoms with Crippen LogP contribution in [0.15, 0.2) is 17.4 Å². The van der Waals surface area contributed by atoms with E-state index in [0.29, 0.717) is 19.0 Å². The molecule has 0 aromatic carbocycles. The first-order valence-corrected chi connectivity index (χ1v) is 7.49. The molecule has 2 rings (SSSR count). The molecule has 9 heteroatoms. The SMILES string of the molecule is CN=C(NCC1CN(C)CCO1)NCC(O)c1cnn(C)c1.I. The molecular weight excluding hydrogens is 411 g/mol. The Morgan fingerprint density at radius 2 is 2.30 bits per heavy atom. The fraction of sp³-hybridized carbons (Fsp3) is 0.714. The molecule has 0 spiro atoms. The van der Waals surface area contributed by atoms with E-state index in [4.69, 9.17) is 4.74 Å². The number of morpholine rings is 1. The highest BCUT2D eigenvalue weighted by molar-refractivity contribution is 14.0.